The Morgan fingerprint density at radius 3 is 2.93 bits per heavy atom. The van der Waals surface area contributed by atoms with Gasteiger partial charge in [-0.05, 0) is 17.2 Å². The Bertz CT molecular complexity index is 448. The SMILES string of the molecule is c1cc(-c2ccc3c(c2)CNC3)no1. The zero-order valence-electron chi connectivity index (χ0n) is 7.66. The highest BCUT2D eigenvalue weighted by Gasteiger charge is 2.11. The molecule has 0 saturated carbocycles. The number of aromatic nitrogens is 1. The summed E-state index contributed by atoms with van der Waals surface area (Å²) in [7, 11) is 0. The highest BCUT2D eigenvalue weighted by Crippen LogP contribution is 2.23. The minimum Gasteiger partial charge on any atom is -0.364 e. The standard InChI is InChI=1S/C11H10N2O/c1-2-9-6-12-7-10(9)5-8(1)11-3-4-14-13-11/h1-5,12H,6-7H2. The van der Waals surface area contributed by atoms with E-state index in [1.165, 1.54) is 11.1 Å². The Balaban J connectivity index is 2.09. The van der Waals surface area contributed by atoms with Crippen LogP contribution in [0.4, 0.5) is 0 Å². The number of nitrogens with zero attached hydrogens (tertiary/aromatic N) is 1. The highest BCUT2D eigenvalue weighted by atomic mass is 16.5. The summed E-state index contributed by atoms with van der Waals surface area (Å²) in [4.78, 5) is 0. The van der Waals surface area contributed by atoms with E-state index in [1.54, 1.807) is 6.26 Å². The lowest BCUT2D eigenvalue weighted by molar-refractivity contribution is 0.422. The molecule has 1 aromatic heterocycles. The van der Waals surface area contributed by atoms with Crippen LogP contribution >= 0.6 is 0 Å². The number of fused-ring (bicyclic) bond motifs is 1. The molecular formula is C11H10N2O. The van der Waals surface area contributed by atoms with E-state index < -0.39 is 0 Å². The van der Waals surface area contributed by atoms with Crippen molar-refractivity contribution in [1.29, 1.82) is 0 Å². The van der Waals surface area contributed by atoms with Crippen molar-refractivity contribution in [3.63, 3.8) is 0 Å². The molecule has 2 aromatic rings. The van der Waals surface area contributed by atoms with Crippen molar-refractivity contribution in [3.05, 3.63) is 41.7 Å². The lowest BCUT2D eigenvalue weighted by atomic mass is 10.0. The Hall–Kier alpha value is -1.61. The molecule has 0 spiro atoms. The van der Waals surface area contributed by atoms with Gasteiger partial charge in [0, 0.05) is 24.7 Å². The van der Waals surface area contributed by atoms with Gasteiger partial charge in [0.25, 0.3) is 0 Å². The molecule has 0 radical (unpaired) electrons. The fourth-order valence-corrected chi connectivity index (χ4v) is 1.82. The van der Waals surface area contributed by atoms with Gasteiger partial charge in [-0.25, -0.2) is 0 Å². The van der Waals surface area contributed by atoms with Crippen LogP contribution in [-0.4, -0.2) is 5.16 Å². The van der Waals surface area contributed by atoms with Crippen molar-refractivity contribution < 1.29 is 4.52 Å². The molecule has 1 aromatic carbocycles. The molecule has 0 amide bonds. The molecule has 0 bridgehead atoms. The summed E-state index contributed by atoms with van der Waals surface area (Å²) in [6, 6.07) is 8.29. The number of nitrogens with one attached hydrogen (secondary N) is 1. The third kappa shape index (κ3) is 1.14. The lowest BCUT2D eigenvalue weighted by Gasteiger charge is -2.00. The van der Waals surface area contributed by atoms with E-state index in [2.05, 4.69) is 28.7 Å². The smallest absolute Gasteiger partial charge is 0.124 e. The van der Waals surface area contributed by atoms with Gasteiger partial charge in [-0.2, -0.15) is 0 Å². The predicted molar refractivity (Wildman–Crippen MR) is 52.5 cm³/mol. The van der Waals surface area contributed by atoms with Gasteiger partial charge in [-0.1, -0.05) is 17.3 Å². The molecule has 0 atom stereocenters. The molecule has 1 aliphatic heterocycles. The van der Waals surface area contributed by atoms with Crippen LogP contribution < -0.4 is 5.32 Å². The molecule has 1 N–H and O–H groups in total. The van der Waals surface area contributed by atoms with Crippen molar-refractivity contribution in [2.45, 2.75) is 13.1 Å². The van der Waals surface area contributed by atoms with Crippen molar-refractivity contribution in [2.75, 3.05) is 0 Å². The molecule has 0 aliphatic carbocycles. The van der Waals surface area contributed by atoms with Crippen LogP contribution in [0.25, 0.3) is 11.3 Å². The molecule has 3 heteroatoms. The first-order chi connectivity index (χ1) is 6.93. The summed E-state index contributed by atoms with van der Waals surface area (Å²) >= 11 is 0. The van der Waals surface area contributed by atoms with Crippen LogP contribution in [0.5, 0.6) is 0 Å². The van der Waals surface area contributed by atoms with Crippen LogP contribution in [0.3, 0.4) is 0 Å². The van der Waals surface area contributed by atoms with Gasteiger partial charge in [0.1, 0.15) is 12.0 Å². The van der Waals surface area contributed by atoms with Crippen LogP contribution in [0, 0.1) is 0 Å². The Labute approximate surface area is 81.7 Å². The van der Waals surface area contributed by atoms with E-state index in [9.17, 15) is 0 Å². The number of rotatable bonds is 1. The largest absolute Gasteiger partial charge is 0.364 e. The average Bonchev–Trinajstić information content (AvgIpc) is 2.88. The van der Waals surface area contributed by atoms with Crippen LogP contribution in [-0.2, 0) is 13.1 Å². The highest BCUT2D eigenvalue weighted by molar-refractivity contribution is 5.60. The molecule has 0 saturated heterocycles. The molecule has 0 fully saturated rings. The molecule has 14 heavy (non-hydrogen) atoms. The molecule has 3 nitrogen and oxygen atoms in total. The minimum atomic E-state index is 0.903. The maximum atomic E-state index is 4.82. The fourth-order valence-electron chi connectivity index (χ4n) is 1.82. The minimum absolute atomic E-state index is 0.903. The maximum absolute atomic E-state index is 4.82. The average molecular weight is 186 g/mol. The van der Waals surface area contributed by atoms with Gasteiger partial charge in [0.05, 0.1) is 0 Å². The lowest BCUT2D eigenvalue weighted by Crippen LogP contribution is -1.99. The molecule has 0 unspecified atom stereocenters. The molecule has 2 heterocycles. The van der Waals surface area contributed by atoms with E-state index in [1.807, 2.05) is 6.07 Å². The number of benzene rings is 1. The first-order valence-electron chi connectivity index (χ1n) is 4.67. The maximum Gasteiger partial charge on any atom is 0.124 e. The predicted octanol–water partition coefficient (Wildman–Crippen LogP) is 1.94. The second-order valence-corrected chi connectivity index (χ2v) is 3.47. The van der Waals surface area contributed by atoms with Gasteiger partial charge >= 0.3 is 0 Å². The molecule has 3 rings (SSSR count). The zero-order chi connectivity index (χ0) is 9.38. The Morgan fingerprint density at radius 1 is 1.14 bits per heavy atom. The van der Waals surface area contributed by atoms with E-state index >= 15 is 0 Å². The van der Waals surface area contributed by atoms with Crippen molar-refractivity contribution in [1.82, 2.24) is 10.5 Å². The Morgan fingerprint density at radius 2 is 2.07 bits per heavy atom. The first-order valence-corrected chi connectivity index (χ1v) is 4.67. The summed E-state index contributed by atoms with van der Waals surface area (Å²) < 4.78 is 4.82. The van der Waals surface area contributed by atoms with Gasteiger partial charge in [-0.15, -0.1) is 0 Å². The van der Waals surface area contributed by atoms with Gasteiger partial charge in [-0.3, -0.25) is 0 Å². The second kappa shape index (κ2) is 2.96. The molecular weight excluding hydrogens is 176 g/mol. The van der Waals surface area contributed by atoms with Crippen LogP contribution in [0.1, 0.15) is 11.1 Å². The monoisotopic (exact) mass is 186 g/mol. The molecule has 1 aliphatic rings. The first kappa shape index (κ1) is 7.76. The third-order valence-corrected chi connectivity index (χ3v) is 2.57. The summed E-state index contributed by atoms with van der Waals surface area (Å²) in [6.07, 6.45) is 1.60. The normalized spacial score (nSPS) is 14.3. The number of hydrogen-bond donors (Lipinski definition) is 1. The van der Waals surface area contributed by atoms with Crippen molar-refractivity contribution in [2.24, 2.45) is 0 Å². The summed E-state index contributed by atoms with van der Waals surface area (Å²) in [6.45, 7) is 1.94. The topological polar surface area (TPSA) is 38.1 Å². The summed E-state index contributed by atoms with van der Waals surface area (Å²) in [5, 5.41) is 7.23. The summed E-state index contributed by atoms with van der Waals surface area (Å²) in [5.74, 6) is 0. The summed E-state index contributed by atoms with van der Waals surface area (Å²) in [5.41, 5.74) is 4.78. The zero-order valence-corrected chi connectivity index (χ0v) is 7.66. The van der Waals surface area contributed by atoms with E-state index in [0.717, 1.165) is 24.3 Å². The van der Waals surface area contributed by atoms with Gasteiger partial charge < -0.3 is 9.84 Å². The van der Waals surface area contributed by atoms with Crippen LogP contribution in [0.15, 0.2) is 35.1 Å². The van der Waals surface area contributed by atoms with E-state index in [0.29, 0.717) is 0 Å². The quantitative estimate of drug-likeness (QED) is 0.739. The Kier molecular flexibility index (Phi) is 1.64. The van der Waals surface area contributed by atoms with Gasteiger partial charge in [0.15, 0.2) is 0 Å². The van der Waals surface area contributed by atoms with Crippen molar-refractivity contribution >= 4 is 0 Å². The second-order valence-electron chi connectivity index (χ2n) is 3.47. The van der Waals surface area contributed by atoms with E-state index in [-0.39, 0.29) is 0 Å². The van der Waals surface area contributed by atoms with E-state index in [4.69, 9.17) is 4.52 Å². The van der Waals surface area contributed by atoms with Crippen LogP contribution in [0.2, 0.25) is 0 Å². The van der Waals surface area contributed by atoms with Crippen molar-refractivity contribution in [3.8, 4) is 11.3 Å². The van der Waals surface area contributed by atoms with Gasteiger partial charge in [0.2, 0.25) is 0 Å². The molecule has 70 valence electrons. The third-order valence-electron chi connectivity index (χ3n) is 2.57. The number of hydrogen-bond acceptors (Lipinski definition) is 3. The fraction of sp³-hybridized carbons (Fsp3) is 0.182.